The van der Waals surface area contributed by atoms with Crippen LogP contribution in [0.5, 0.6) is 11.5 Å². The maximum absolute atomic E-state index is 14.7. The van der Waals surface area contributed by atoms with Crippen LogP contribution < -0.4 is 9.47 Å². The maximum atomic E-state index is 14.7. The third-order valence-electron chi connectivity index (χ3n) is 8.50. The fraction of sp³-hybridized carbons (Fsp3) is 0.500. The topological polar surface area (TPSA) is 71.1 Å². The van der Waals surface area contributed by atoms with Gasteiger partial charge in [-0.05, 0) is 86.6 Å². The van der Waals surface area contributed by atoms with E-state index in [9.17, 15) is 44.7 Å². The molecule has 0 amide bonds. The Hall–Kier alpha value is -4.20. The second-order valence-corrected chi connectivity index (χ2v) is 13.0. The molecule has 14 heteroatoms. The number of benzene rings is 3. The molecule has 0 saturated heterocycles. The van der Waals surface area contributed by atoms with Crippen molar-refractivity contribution in [3.05, 3.63) is 83.7 Å². The molecule has 298 valence electrons. The lowest BCUT2D eigenvalue weighted by Crippen LogP contribution is -2.54. The standard InChI is InChI=1S/C40H46F8O6/c1-3-4-5-6-7-8-10-13-28(2)53-36(49)31-16-14-29(15-17-31)30-18-20-32(21-19-30)54-37(50)34-23-22-33(26-35(34)41)52-25-12-9-11-24-51-27-38(42,43)39(44,45)40(46,47)48/h14-23,26,28H,3-13,24-25,27H2,1-2H3. The summed E-state index contributed by atoms with van der Waals surface area (Å²) in [6, 6.07) is 16.9. The molecule has 0 N–H and O–H groups in total. The van der Waals surface area contributed by atoms with Crippen molar-refractivity contribution in [3.8, 4) is 22.6 Å². The lowest BCUT2D eigenvalue weighted by Gasteiger charge is -2.27. The molecule has 0 aliphatic heterocycles. The van der Waals surface area contributed by atoms with Gasteiger partial charge in [0.05, 0.1) is 23.8 Å². The van der Waals surface area contributed by atoms with Gasteiger partial charge in [-0.2, -0.15) is 30.7 Å². The normalized spacial score (nSPS) is 12.7. The fourth-order valence-electron chi connectivity index (χ4n) is 5.30. The van der Waals surface area contributed by atoms with E-state index in [1.807, 2.05) is 6.92 Å². The van der Waals surface area contributed by atoms with E-state index in [1.165, 1.54) is 44.2 Å². The summed E-state index contributed by atoms with van der Waals surface area (Å²) in [6.45, 7) is 1.55. The van der Waals surface area contributed by atoms with Crippen LogP contribution in [-0.2, 0) is 9.47 Å². The summed E-state index contributed by atoms with van der Waals surface area (Å²) < 4.78 is 124. The molecule has 0 aromatic heterocycles. The van der Waals surface area contributed by atoms with Crippen molar-refractivity contribution >= 4 is 11.9 Å². The number of hydrogen-bond acceptors (Lipinski definition) is 6. The maximum Gasteiger partial charge on any atom is 0.459 e. The van der Waals surface area contributed by atoms with Crippen LogP contribution in [0.2, 0.25) is 0 Å². The predicted octanol–water partition coefficient (Wildman–Crippen LogP) is 11.8. The number of carbonyl (C=O) groups is 2. The highest BCUT2D eigenvalue weighted by molar-refractivity contribution is 5.92. The van der Waals surface area contributed by atoms with E-state index >= 15 is 0 Å². The van der Waals surface area contributed by atoms with Crippen molar-refractivity contribution in [1.82, 2.24) is 0 Å². The average molecular weight is 775 g/mol. The first-order valence-corrected chi connectivity index (χ1v) is 18.0. The molecule has 1 unspecified atom stereocenters. The van der Waals surface area contributed by atoms with Gasteiger partial charge >= 0.3 is 30.0 Å². The summed E-state index contributed by atoms with van der Waals surface area (Å²) in [7, 11) is 0. The van der Waals surface area contributed by atoms with Crippen molar-refractivity contribution in [2.24, 2.45) is 0 Å². The highest BCUT2D eigenvalue weighted by atomic mass is 19.4. The summed E-state index contributed by atoms with van der Waals surface area (Å²) in [5.41, 5.74) is 1.69. The first-order valence-electron chi connectivity index (χ1n) is 18.0. The molecular weight excluding hydrogens is 728 g/mol. The van der Waals surface area contributed by atoms with Gasteiger partial charge in [0, 0.05) is 12.7 Å². The summed E-state index contributed by atoms with van der Waals surface area (Å²) in [4.78, 5) is 25.3. The highest BCUT2D eigenvalue weighted by Crippen LogP contribution is 2.46. The average Bonchev–Trinajstić information content (AvgIpc) is 3.12. The molecule has 3 rings (SSSR count). The SMILES string of the molecule is CCCCCCCCCC(C)OC(=O)c1ccc(-c2ccc(OC(=O)c3ccc(OCCCCCOCC(F)(F)C(F)(F)C(F)(F)F)cc3F)cc2)cc1. The molecule has 0 aliphatic rings. The Morgan fingerprint density at radius 1 is 0.667 bits per heavy atom. The molecule has 0 heterocycles. The Morgan fingerprint density at radius 3 is 1.83 bits per heavy atom. The molecule has 0 aliphatic carbocycles. The first kappa shape index (κ1) is 44.2. The Balaban J connectivity index is 1.38. The van der Waals surface area contributed by atoms with Crippen LogP contribution >= 0.6 is 0 Å². The number of carbonyl (C=O) groups excluding carboxylic acids is 2. The van der Waals surface area contributed by atoms with Crippen LogP contribution in [0.15, 0.2) is 66.7 Å². The molecule has 6 nitrogen and oxygen atoms in total. The van der Waals surface area contributed by atoms with E-state index in [-0.39, 0.29) is 48.6 Å². The number of ether oxygens (including phenoxy) is 4. The van der Waals surface area contributed by atoms with Crippen LogP contribution in [-0.4, -0.2) is 55.9 Å². The summed E-state index contributed by atoms with van der Waals surface area (Å²) >= 11 is 0. The second kappa shape index (κ2) is 21.0. The molecule has 0 bridgehead atoms. The zero-order chi connectivity index (χ0) is 39.8. The van der Waals surface area contributed by atoms with Gasteiger partial charge in [0.15, 0.2) is 0 Å². The monoisotopic (exact) mass is 774 g/mol. The zero-order valence-electron chi connectivity index (χ0n) is 30.3. The molecule has 3 aromatic carbocycles. The molecule has 54 heavy (non-hydrogen) atoms. The largest absolute Gasteiger partial charge is 0.493 e. The van der Waals surface area contributed by atoms with Gasteiger partial charge in [-0.15, -0.1) is 0 Å². The van der Waals surface area contributed by atoms with Gasteiger partial charge in [-0.3, -0.25) is 0 Å². The first-order chi connectivity index (χ1) is 25.6. The van der Waals surface area contributed by atoms with Crippen molar-refractivity contribution in [2.75, 3.05) is 19.8 Å². The van der Waals surface area contributed by atoms with E-state index < -0.39 is 43.0 Å². The molecule has 3 aromatic rings. The van der Waals surface area contributed by atoms with Crippen LogP contribution in [0.1, 0.15) is 105 Å². The van der Waals surface area contributed by atoms with Gasteiger partial charge in [0.25, 0.3) is 0 Å². The minimum absolute atomic E-state index is 0.0310. The van der Waals surface area contributed by atoms with E-state index in [1.54, 1.807) is 48.5 Å². The van der Waals surface area contributed by atoms with Gasteiger partial charge in [-0.1, -0.05) is 69.7 Å². The minimum Gasteiger partial charge on any atom is -0.493 e. The number of esters is 2. The molecular formula is C40H46F8O6. The van der Waals surface area contributed by atoms with Crippen molar-refractivity contribution < 1.29 is 63.7 Å². The Bertz CT molecular complexity index is 1590. The summed E-state index contributed by atoms with van der Waals surface area (Å²) in [5, 5.41) is 0. The summed E-state index contributed by atoms with van der Waals surface area (Å²) in [5.74, 6) is -13.6. The fourth-order valence-corrected chi connectivity index (χ4v) is 5.30. The van der Waals surface area contributed by atoms with Gasteiger partial charge in [0.1, 0.15) is 23.9 Å². The summed E-state index contributed by atoms with van der Waals surface area (Å²) in [6.07, 6.45) is 3.23. The van der Waals surface area contributed by atoms with Crippen LogP contribution in [0.25, 0.3) is 11.1 Å². The van der Waals surface area contributed by atoms with Crippen LogP contribution in [0.3, 0.4) is 0 Å². The number of alkyl halides is 7. The number of hydrogen-bond donors (Lipinski definition) is 0. The Morgan fingerprint density at radius 2 is 1.22 bits per heavy atom. The lowest BCUT2D eigenvalue weighted by molar-refractivity contribution is -0.361. The molecule has 0 saturated carbocycles. The van der Waals surface area contributed by atoms with E-state index in [0.29, 0.717) is 12.0 Å². The predicted molar refractivity (Wildman–Crippen MR) is 187 cm³/mol. The van der Waals surface area contributed by atoms with Gasteiger partial charge in [0.2, 0.25) is 0 Å². The highest BCUT2D eigenvalue weighted by Gasteiger charge is 2.73. The number of halogens is 8. The Labute approximate surface area is 310 Å². The Kier molecular flexibility index (Phi) is 17.2. The van der Waals surface area contributed by atoms with Crippen molar-refractivity contribution in [2.45, 2.75) is 109 Å². The minimum atomic E-state index is -6.41. The van der Waals surface area contributed by atoms with Gasteiger partial charge < -0.3 is 18.9 Å². The van der Waals surface area contributed by atoms with E-state index in [2.05, 4.69) is 11.7 Å². The van der Waals surface area contributed by atoms with E-state index in [0.717, 1.165) is 36.5 Å². The molecule has 0 radical (unpaired) electrons. The number of rotatable bonds is 23. The number of unbranched alkanes of at least 4 members (excludes halogenated alkanes) is 8. The van der Waals surface area contributed by atoms with Crippen LogP contribution in [0, 0.1) is 5.82 Å². The molecule has 1 atom stereocenters. The van der Waals surface area contributed by atoms with Crippen molar-refractivity contribution in [3.63, 3.8) is 0 Å². The molecule has 0 spiro atoms. The lowest BCUT2D eigenvalue weighted by atomic mass is 10.0. The van der Waals surface area contributed by atoms with Crippen LogP contribution in [0.4, 0.5) is 35.1 Å². The quantitative estimate of drug-likeness (QED) is 0.0413. The van der Waals surface area contributed by atoms with Crippen molar-refractivity contribution in [1.29, 1.82) is 0 Å². The van der Waals surface area contributed by atoms with Gasteiger partial charge in [-0.25, -0.2) is 14.0 Å². The third kappa shape index (κ3) is 13.6. The smallest absolute Gasteiger partial charge is 0.459 e. The van der Waals surface area contributed by atoms with E-state index in [4.69, 9.17) is 14.2 Å². The molecule has 0 fully saturated rings. The second-order valence-electron chi connectivity index (χ2n) is 13.0. The third-order valence-corrected chi connectivity index (χ3v) is 8.50. The zero-order valence-corrected chi connectivity index (χ0v) is 30.3.